The Morgan fingerprint density at radius 2 is 0.650 bits per heavy atom. The molecule has 0 aromatic rings. The van der Waals surface area contributed by atoms with Crippen LogP contribution in [0.2, 0.25) is 0 Å². The molecule has 0 heterocycles. The van der Waals surface area contributed by atoms with Gasteiger partial charge < -0.3 is 4.74 Å². The second kappa shape index (κ2) is 9.58. The number of alkyl halides is 23. The number of halogens is 23. The fourth-order valence-corrected chi connectivity index (χ4v) is 2.10. The van der Waals surface area contributed by atoms with Crippen LogP contribution in [0, 0.1) is 0 Å². The van der Waals surface area contributed by atoms with Gasteiger partial charge in [-0.1, -0.05) is 6.08 Å². The first-order valence-electron chi connectivity index (χ1n) is 8.66. The molecule has 0 aromatic heterocycles. The lowest BCUT2D eigenvalue weighted by Gasteiger charge is -2.44. The van der Waals surface area contributed by atoms with E-state index < -0.39 is 71.6 Å². The minimum atomic E-state index is -9.48. The topological polar surface area (TPSA) is 26.3 Å². The molecule has 0 aromatic carbocycles. The summed E-state index contributed by atoms with van der Waals surface area (Å²) in [5, 5.41) is 0. The molecule has 0 atom stereocenters. The van der Waals surface area contributed by atoms with Crippen molar-refractivity contribution in [3.63, 3.8) is 0 Å². The number of esters is 1. The van der Waals surface area contributed by atoms with E-state index in [0.717, 1.165) is 0 Å². The van der Waals surface area contributed by atoms with E-state index in [0.29, 0.717) is 6.92 Å². The van der Waals surface area contributed by atoms with Gasteiger partial charge in [-0.05, 0) is 6.92 Å². The van der Waals surface area contributed by atoms with Crippen LogP contribution in [-0.2, 0) is 9.53 Å². The maximum absolute atomic E-state index is 13.6. The number of hydrogen-bond acceptors (Lipinski definition) is 2. The first kappa shape index (κ1) is 37.6. The van der Waals surface area contributed by atoms with Crippen molar-refractivity contribution < 1.29 is 111 Å². The van der Waals surface area contributed by atoms with Crippen LogP contribution in [0.25, 0.3) is 0 Å². The van der Waals surface area contributed by atoms with Gasteiger partial charge in [-0.15, -0.1) is 0 Å². The summed E-state index contributed by atoms with van der Waals surface area (Å²) in [5.41, 5.74) is 0. The molecule has 0 saturated heterocycles. The zero-order chi connectivity index (χ0) is 33.2. The fourth-order valence-electron chi connectivity index (χ4n) is 2.10. The standard InChI is InChI=1S/C15H5F23O2/c1-2-3-4(39)40-15(37,38)13(32,33)11(28,29)9(24,25)7(20,21)5(16,17)6(18,19)8(22,23)10(26,27)12(30,31)14(34,35)36/h2-3H,1H3/b3-2+. The number of allylic oxidation sites excluding steroid dienone is 1. The molecule has 238 valence electrons. The number of rotatable bonds is 11. The molecule has 40 heavy (non-hydrogen) atoms. The van der Waals surface area contributed by atoms with Crippen molar-refractivity contribution in [3.05, 3.63) is 12.2 Å². The zero-order valence-corrected chi connectivity index (χ0v) is 17.7. The van der Waals surface area contributed by atoms with Gasteiger partial charge in [0.05, 0.1) is 0 Å². The highest BCUT2D eigenvalue weighted by molar-refractivity contribution is 5.82. The quantitative estimate of drug-likeness (QED) is 0.128. The summed E-state index contributed by atoms with van der Waals surface area (Å²) in [6, 6.07) is 0. The molecule has 0 N–H and O–H groups in total. The lowest BCUT2D eigenvalue weighted by Crippen LogP contribution is -2.77. The molecule has 0 rings (SSSR count). The Balaban J connectivity index is 7.17. The van der Waals surface area contributed by atoms with Gasteiger partial charge in [0.15, 0.2) is 0 Å². The predicted octanol–water partition coefficient (Wildman–Crippen LogP) is 7.98. The highest BCUT2D eigenvalue weighted by atomic mass is 19.4. The number of ether oxygens (including phenoxy) is 1. The summed E-state index contributed by atoms with van der Waals surface area (Å²) in [7, 11) is 0. The minimum Gasteiger partial charge on any atom is -0.393 e. The van der Waals surface area contributed by atoms with Gasteiger partial charge >= 0.3 is 71.6 Å². The summed E-state index contributed by atoms with van der Waals surface area (Å²) in [5.74, 6) is -84.7. The van der Waals surface area contributed by atoms with Crippen molar-refractivity contribution in [2.45, 2.75) is 72.5 Å². The van der Waals surface area contributed by atoms with Crippen LogP contribution in [0.15, 0.2) is 12.2 Å². The maximum Gasteiger partial charge on any atom is 0.473 e. The zero-order valence-electron chi connectivity index (χ0n) is 17.7. The van der Waals surface area contributed by atoms with Crippen LogP contribution >= 0.6 is 0 Å². The maximum atomic E-state index is 13.6. The molecule has 2 nitrogen and oxygen atoms in total. The van der Waals surface area contributed by atoms with Gasteiger partial charge in [0.1, 0.15) is 0 Å². The van der Waals surface area contributed by atoms with Gasteiger partial charge in [0.2, 0.25) is 0 Å². The Labute approximate surface area is 202 Å². The van der Waals surface area contributed by atoms with Crippen LogP contribution in [-0.4, -0.2) is 71.6 Å². The largest absolute Gasteiger partial charge is 0.473 e. The third-order valence-electron chi connectivity index (χ3n) is 4.41. The summed E-state index contributed by atoms with van der Waals surface area (Å²) in [6.45, 7) is 0.674. The molecule has 0 radical (unpaired) electrons. The van der Waals surface area contributed by atoms with Crippen molar-refractivity contribution in [3.8, 4) is 0 Å². The monoisotopic (exact) mass is 654 g/mol. The molecule has 0 aliphatic carbocycles. The van der Waals surface area contributed by atoms with E-state index in [9.17, 15) is 106 Å². The van der Waals surface area contributed by atoms with Crippen molar-refractivity contribution in [1.29, 1.82) is 0 Å². The Bertz CT molecular complexity index is 971. The second-order valence-corrected chi connectivity index (χ2v) is 7.11. The summed E-state index contributed by atoms with van der Waals surface area (Å²) in [6.07, 6.45) is -15.7. The molecule has 0 fully saturated rings. The van der Waals surface area contributed by atoms with Crippen molar-refractivity contribution in [1.82, 2.24) is 0 Å². The summed E-state index contributed by atoms with van der Waals surface area (Å²) >= 11 is 0. The van der Waals surface area contributed by atoms with Crippen LogP contribution in [0.4, 0.5) is 101 Å². The van der Waals surface area contributed by atoms with Crippen molar-refractivity contribution in [2.24, 2.45) is 0 Å². The smallest absolute Gasteiger partial charge is 0.393 e. The average Bonchev–Trinajstić information content (AvgIpc) is 2.71. The van der Waals surface area contributed by atoms with E-state index in [1.165, 1.54) is 0 Å². The highest BCUT2D eigenvalue weighted by Crippen LogP contribution is 2.67. The third kappa shape index (κ3) is 4.66. The second-order valence-electron chi connectivity index (χ2n) is 7.11. The molecule has 0 amide bonds. The first-order valence-corrected chi connectivity index (χ1v) is 8.66. The SMILES string of the molecule is C/C=C/C(=O)OC(F)(F)C(F)(F)C(F)(F)C(F)(F)C(F)(F)C(F)(F)C(F)(F)C(F)(F)C(F)(F)C(F)(F)C(F)(F)F. The lowest BCUT2D eigenvalue weighted by molar-refractivity contribution is -0.484. The Morgan fingerprint density at radius 3 is 0.875 bits per heavy atom. The molecule has 0 saturated carbocycles. The predicted molar refractivity (Wildman–Crippen MR) is 76.4 cm³/mol. The van der Waals surface area contributed by atoms with E-state index >= 15 is 0 Å². The Kier molecular flexibility index (Phi) is 9.00. The molecule has 0 bridgehead atoms. The van der Waals surface area contributed by atoms with E-state index in [-0.39, 0.29) is 12.2 Å². The molecule has 0 unspecified atom stereocenters. The van der Waals surface area contributed by atoms with Crippen LogP contribution in [0.1, 0.15) is 6.92 Å². The van der Waals surface area contributed by atoms with Gasteiger partial charge in [-0.25, -0.2) is 4.79 Å². The molecule has 0 aliphatic rings. The molecule has 0 aliphatic heterocycles. The summed E-state index contributed by atoms with van der Waals surface area (Å²) in [4.78, 5) is 10.7. The van der Waals surface area contributed by atoms with Gasteiger partial charge in [-0.3, -0.25) is 0 Å². The van der Waals surface area contributed by atoms with E-state index in [2.05, 4.69) is 4.74 Å². The number of hydrogen-bond donors (Lipinski definition) is 0. The molecule has 0 spiro atoms. The highest BCUT2D eigenvalue weighted by Gasteiger charge is 2.99. The summed E-state index contributed by atoms with van der Waals surface area (Å²) < 4.78 is 305. The van der Waals surface area contributed by atoms with Crippen molar-refractivity contribution >= 4 is 5.97 Å². The van der Waals surface area contributed by atoms with Gasteiger partial charge in [0, 0.05) is 6.08 Å². The molecular weight excluding hydrogens is 649 g/mol. The molecular formula is C15H5F23O2. The van der Waals surface area contributed by atoms with Crippen molar-refractivity contribution in [2.75, 3.05) is 0 Å². The number of carbonyl (C=O) groups is 1. The third-order valence-corrected chi connectivity index (χ3v) is 4.41. The van der Waals surface area contributed by atoms with Crippen LogP contribution < -0.4 is 0 Å². The minimum absolute atomic E-state index is 0.276. The molecule has 25 heteroatoms. The van der Waals surface area contributed by atoms with E-state index in [4.69, 9.17) is 0 Å². The van der Waals surface area contributed by atoms with Gasteiger partial charge in [-0.2, -0.15) is 101 Å². The van der Waals surface area contributed by atoms with Crippen LogP contribution in [0.5, 0.6) is 0 Å². The van der Waals surface area contributed by atoms with E-state index in [1.807, 2.05) is 0 Å². The van der Waals surface area contributed by atoms with Crippen LogP contribution in [0.3, 0.4) is 0 Å². The first-order chi connectivity index (χ1) is 17.0. The van der Waals surface area contributed by atoms with Gasteiger partial charge in [0.25, 0.3) is 0 Å². The Hall–Kier alpha value is -2.40. The fraction of sp³-hybridized carbons (Fsp3) is 0.800. The number of carbonyl (C=O) groups excluding carboxylic acids is 1. The lowest BCUT2D eigenvalue weighted by atomic mass is 9.86. The van der Waals surface area contributed by atoms with E-state index in [1.54, 1.807) is 0 Å². The normalized spacial score (nSPS) is 16.5. The average molecular weight is 654 g/mol. The Morgan fingerprint density at radius 1 is 0.425 bits per heavy atom.